The largest absolute Gasteiger partial charge is 0.457 e. The van der Waals surface area contributed by atoms with Gasteiger partial charge in [-0.3, -0.25) is 0 Å². The number of hydrogen-bond donors (Lipinski definition) is 0. The zero-order chi connectivity index (χ0) is 59.7. The van der Waals surface area contributed by atoms with E-state index < -0.39 is 16.1 Å². The first kappa shape index (κ1) is 54.5. The van der Waals surface area contributed by atoms with Crippen LogP contribution in [0.5, 0.6) is 23.0 Å². The fraction of sp³-hybridized carbons (Fsp3) is 0.132. The average molecular weight is 1180 g/mol. The van der Waals surface area contributed by atoms with Gasteiger partial charge in [0, 0.05) is 69.8 Å². The Morgan fingerprint density at radius 1 is 0.216 bits per heavy atom. The van der Waals surface area contributed by atoms with E-state index in [0.29, 0.717) is 26.7 Å². The van der Waals surface area contributed by atoms with E-state index in [1.54, 1.807) is 0 Å². The van der Waals surface area contributed by atoms with Crippen molar-refractivity contribution in [2.24, 2.45) is 0 Å². The van der Waals surface area contributed by atoms with Crippen LogP contribution in [0.3, 0.4) is 0 Å². The van der Waals surface area contributed by atoms with Crippen LogP contribution in [-0.2, 0) is 0 Å². The molecule has 0 bridgehead atoms. The predicted molar refractivity (Wildman–Crippen MR) is 374 cm³/mol. The molecular weight excluding hydrogens is 1110 g/mol. The Balaban J connectivity index is 0.631. The lowest BCUT2D eigenvalue weighted by Gasteiger charge is -2.25. The van der Waals surface area contributed by atoms with Crippen molar-refractivity contribution >= 4 is 118 Å². The Morgan fingerprint density at radius 3 is 0.648 bits per heavy atom. The molecule has 12 heteroatoms. The predicted octanol–water partition coefficient (Wildman–Crippen LogP) is 19.4. The van der Waals surface area contributed by atoms with Gasteiger partial charge in [-0.15, -0.1) is 0 Å². The van der Waals surface area contributed by atoms with Crippen LogP contribution in [0.2, 0.25) is 39.3 Å². The molecule has 88 heavy (non-hydrogen) atoms. The molecule has 0 spiro atoms. The monoisotopic (exact) mass is 1180 g/mol. The first-order valence-corrected chi connectivity index (χ1v) is 37.5. The molecule has 15 rings (SSSR count). The number of nitrogens with zero attached hydrogens (tertiary/aromatic N) is 8. The van der Waals surface area contributed by atoms with Gasteiger partial charge in [0.25, 0.3) is 0 Å². The normalized spacial score (nSPS) is 14.3. The fourth-order valence-corrected chi connectivity index (χ4v) is 15.2. The molecule has 0 N–H and O–H groups in total. The van der Waals surface area contributed by atoms with Gasteiger partial charge in [0.15, 0.2) is 0 Å². The lowest BCUT2D eigenvalue weighted by Crippen LogP contribution is -2.38. The lowest BCUT2D eigenvalue weighted by atomic mass is 10.2. The van der Waals surface area contributed by atoms with Gasteiger partial charge in [-0.2, -0.15) is 0 Å². The summed E-state index contributed by atoms with van der Waals surface area (Å²) in [6.07, 6.45) is 0. The maximum atomic E-state index is 6.74. The number of anilines is 16. The summed E-state index contributed by atoms with van der Waals surface area (Å²) in [4.78, 5) is 19.2. The third-order valence-electron chi connectivity index (χ3n) is 17.5. The van der Waals surface area contributed by atoms with Crippen LogP contribution >= 0.6 is 0 Å². The number of hydrogen-bond acceptors (Lipinski definition) is 10. The Morgan fingerprint density at radius 2 is 0.420 bits per heavy atom. The Hall–Kier alpha value is -10.1. The summed E-state index contributed by atoms with van der Waals surface area (Å²) in [5, 5.41) is 2.91. The van der Waals surface area contributed by atoms with Crippen molar-refractivity contribution in [1.29, 1.82) is 0 Å². The van der Waals surface area contributed by atoms with E-state index in [9.17, 15) is 0 Å². The second-order valence-corrected chi connectivity index (χ2v) is 35.4. The first-order valence-electron chi connectivity index (χ1n) is 30.5. The molecule has 0 aliphatic carbocycles. The lowest BCUT2D eigenvalue weighted by molar-refractivity contribution is 0.482. The first-order chi connectivity index (χ1) is 42.8. The zero-order valence-corrected chi connectivity index (χ0v) is 52.6. The molecule has 0 atom stereocenters. The van der Waals surface area contributed by atoms with Crippen molar-refractivity contribution in [3.05, 3.63) is 267 Å². The molecule has 4 heterocycles. The van der Waals surface area contributed by atoms with Crippen LogP contribution in [0.15, 0.2) is 267 Å². The summed E-state index contributed by atoms with van der Waals surface area (Å²) in [6, 6.07) is 95.9. The van der Waals surface area contributed by atoms with E-state index in [4.69, 9.17) is 9.47 Å². The van der Waals surface area contributed by atoms with Crippen LogP contribution in [0.4, 0.5) is 91.0 Å². The maximum absolute atomic E-state index is 6.74. The van der Waals surface area contributed by atoms with Gasteiger partial charge in [-0.25, -0.2) is 0 Å². The molecule has 0 aromatic heterocycles. The highest BCUT2D eigenvalue weighted by Gasteiger charge is 2.34. The summed E-state index contributed by atoms with van der Waals surface area (Å²) >= 11 is 0. The van der Waals surface area contributed by atoms with Crippen molar-refractivity contribution in [3.63, 3.8) is 0 Å². The molecule has 4 aliphatic heterocycles. The molecule has 0 amide bonds. The molecule has 0 fully saturated rings. The summed E-state index contributed by atoms with van der Waals surface area (Å²) in [5.74, 6) is 3.13. The molecule has 0 saturated carbocycles. The van der Waals surface area contributed by atoms with E-state index in [0.717, 1.165) is 79.9 Å². The molecule has 434 valence electrons. The van der Waals surface area contributed by atoms with Crippen LogP contribution < -0.4 is 59.0 Å². The Bertz CT molecular complexity index is 4150. The zero-order valence-electron chi connectivity index (χ0n) is 50.6. The average Bonchev–Trinajstić information content (AvgIpc) is 1.87. The molecular formula is C76H70N8O2Si2. The minimum atomic E-state index is -1.50. The maximum Gasteiger partial charge on any atom is 0.129 e. The van der Waals surface area contributed by atoms with Gasteiger partial charge in [-0.1, -0.05) is 147 Å². The number of benzene rings is 11. The highest BCUT2D eigenvalue weighted by Crippen LogP contribution is 2.50. The van der Waals surface area contributed by atoms with E-state index in [-0.39, 0.29) is 0 Å². The minimum absolute atomic E-state index is 0.644. The van der Waals surface area contributed by atoms with Gasteiger partial charge in [-0.05, 0) is 146 Å². The Labute approximate surface area is 519 Å². The van der Waals surface area contributed by atoms with Crippen molar-refractivity contribution in [2.45, 2.75) is 39.3 Å². The minimum Gasteiger partial charge on any atom is -0.457 e. The van der Waals surface area contributed by atoms with Crippen molar-refractivity contribution in [2.75, 3.05) is 65.9 Å². The van der Waals surface area contributed by atoms with Gasteiger partial charge < -0.3 is 48.7 Å². The van der Waals surface area contributed by atoms with Crippen molar-refractivity contribution in [3.8, 4) is 23.0 Å². The van der Waals surface area contributed by atoms with Crippen LogP contribution in [-0.4, -0.2) is 42.8 Å². The number of ether oxygens (including phenoxy) is 2. The van der Waals surface area contributed by atoms with E-state index in [1.165, 1.54) is 44.5 Å². The third kappa shape index (κ3) is 10.2. The Kier molecular flexibility index (Phi) is 13.6. The quantitative estimate of drug-likeness (QED) is 0.0984. The molecule has 4 aliphatic rings. The fourth-order valence-electron chi connectivity index (χ4n) is 12.8. The summed E-state index contributed by atoms with van der Waals surface area (Å²) < 4.78 is 13.5. The van der Waals surface area contributed by atoms with Gasteiger partial charge in [0.2, 0.25) is 0 Å². The molecule has 11 aromatic carbocycles. The molecule has 0 saturated heterocycles. The number of rotatable bonds is 14. The highest BCUT2D eigenvalue weighted by molar-refractivity contribution is 6.89. The van der Waals surface area contributed by atoms with Gasteiger partial charge >= 0.3 is 0 Å². The SMILES string of the molecule is C[Si](C)(C)c1cccc(N2CN(c3cccc(Oc4cccc(N5CN(c6ccc(N7CN(c8cccc(Oc9cccc(N%10CN(c%11cccc([Si](C)(C)C)c%11)c%11ccccc%11%10)c9)c8)c8ccccc87)cc6)c6ccccc65)c4)c3)c3ccccc32)c1. The number of fused-ring (bicyclic) bond motifs is 4. The summed E-state index contributed by atoms with van der Waals surface area (Å²) in [7, 11) is -3.00. The van der Waals surface area contributed by atoms with Crippen LogP contribution in [0.1, 0.15) is 0 Å². The molecule has 11 aromatic rings. The highest BCUT2D eigenvalue weighted by atomic mass is 28.3. The van der Waals surface area contributed by atoms with Crippen LogP contribution in [0.25, 0.3) is 0 Å². The second kappa shape index (κ2) is 22.0. The van der Waals surface area contributed by atoms with Gasteiger partial charge in [0.1, 0.15) is 49.7 Å². The molecule has 0 radical (unpaired) electrons. The van der Waals surface area contributed by atoms with E-state index >= 15 is 0 Å². The van der Waals surface area contributed by atoms with Crippen molar-refractivity contribution in [1.82, 2.24) is 0 Å². The van der Waals surface area contributed by atoms with E-state index in [2.05, 4.69) is 321 Å². The molecule has 10 nitrogen and oxygen atoms in total. The third-order valence-corrected chi connectivity index (χ3v) is 21.6. The summed E-state index contributed by atoms with van der Waals surface area (Å²) in [5.41, 5.74) is 18.3. The van der Waals surface area contributed by atoms with Gasteiger partial charge in [0.05, 0.1) is 61.6 Å². The standard InChI is InChI=1S/C76H70N8O2Si2/c1-87(2,3)67-31-19-25-61(49-67)83-53-81(73-37-11-13-39-75(73)83)59-23-17-29-65(47-59)85-63-27-15-21-57(45-63)79-51-77(69-33-7-9-35-71(69)79)55-41-43-56(44-42-55)78-52-80(72-36-10-8-34-70(72)78)58-22-16-28-64(46-58)86-66-30-18-24-60(48-66)82-54-84(76-40-14-12-38-74(76)82)62-26-20-32-68(50-62)88(4,5)6/h7-50H,51-54H2,1-6H3. The van der Waals surface area contributed by atoms with Crippen molar-refractivity contribution < 1.29 is 9.47 Å². The second-order valence-electron chi connectivity index (χ2n) is 25.3. The van der Waals surface area contributed by atoms with Crippen LogP contribution in [0, 0.1) is 0 Å². The summed E-state index contributed by atoms with van der Waals surface area (Å²) in [6.45, 7) is 17.2. The topological polar surface area (TPSA) is 44.4 Å². The smallest absolute Gasteiger partial charge is 0.129 e. The number of para-hydroxylation sites is 8. The van der Waals surface area contributed by atoms with E-state index in [1.807, 2.05) is 24.3 Å². The molecule has 0 unspecified atom stereocenters.